The topological polar surface area (TPSA) is 67.8 Å². The average molecular weight is 515 g/mol. The number of rotatable bonds is 8. The number of piperazine rings is 1. The normalized spacial score (nSPS) is 13.6. The lowest BCUT2D eigenvalue weighted by molar-refractivity contribution is 0.0751. The fourth-order valence-corrected chi connectivity index (χ4v) is 5.25. The minimum absolute atomic E-state index is 0.0980. The first-order chi connectivity index (χ1) is 18.2. The number of hydrogen-bond acceptors (Lipinski definition) is 7. The molecule has 8 heteroatoms. The summed E-state index contributed by atoms with van der Waals surface area (Å²) in [5.74, 6) is 2.50. The number of anilines is 1. The second-order valence-corrected chi connectivity index (χ2v) is 9.82. The molecule has 0 unspecified atom stereocenters. The molecule has 2 aromatic carbocycles. The van der Waals surface area contributed by atoms with Gasteiger partial charge in [-0.15, -0.1) is 11.3 Å². The minimum atomic E-state index is 0.0980. The van der Waals surface area contributed by atoms with E-state index in [9.17, 15) is 4.79 Å². The Morgan fingerprint density at radius 1 is 0.919 bits per heavy atom. The maximum absolute atomic E-state index is 12.9. The van der Waals surface area contributed by atoms with Crippen molar-refractivity contribution in [1.29, 1.82) is 0 Å². The summed E-state index contributed by atoms with van der Waals surface area (Å²) in [5.41, 5.74) is 4.02. The van der Waals surface area contributed by atoms with Crippen molar-refractivity contribution in [3.8, 4) is 17.1 Å². The predicted octanol–water partition coefficient (Wildman–Crippen LogP) is 4.91. The summed E-state index contributed by atoms with van der Waals surface area (Å²) in [4.78, 5) is 27.9. The molecular formula is C29H30N4O3S. The largest absolute Gasteiger partial charge is 0.497 e. The number of carbonyl (C=O) groups is 1. The van der Waals surface area contributed by atoms with Crippen LogP contribution in [-0.4, -0.2) is 61.2 Å². The van der Waals surface area contributed by atoms with Gasteiger partial charge in [-0.1, -0.05) is 48.5 Å². The van der Waals surface area contributed by atoms with Crippen LogP contribution in [0.15, 0.2) is 72.1 Å². The fourth-order valence-electron chi connectivity index (χ4n) is 4.56. The number of ether oxygens (including phenoxy) is 2. The summed E-state index contributed by atoms with van der Waals surface area (Å²) >= 11 is 1.49. The Labute approximate surface area is 221 Å². The highest BCUT2D eigenvalue weighted by atomic mass is 32.1. The number of thiophene rings is 1. The van der Waals surface area contributed by atoms with Crippen molar-refractivity contribution in [2.45, 2.75) is 13.0 Å². The van der Waals surface area contributed by atoms with Gasteiger partial charge < -0.3 is 19.3 Å². The third-order valence-corrected chi connectivity index (χ3v) is 7.38. The number of amides is 1. The standard InChI is InChI=1S/C29H30N4O3S/c1-35-20-25-24(19-21-10-12-23(36-2)13-11-21)28(31-27(30-25)22-7-4-3-5-8-22)32-14-16-33(17-15-32)29(34)26-9-6-18-37-26/h3-13,18H,14-17,19-20H2,1-2H3. The fraction of sp³-hybridized carbons (Fsp3) is 0.276. The molecule has 1 saturated heterocycles. The van der Waals surface area contributed by atoms with E-state index in [-0.39, 0.29) is 5.91 Å². The van der Waals surface area contributed by atoms with Gasteiger partial charge in [0.05, 0.1) is 24.3 Å². The lowest BCUT2D eigenvalue weighted by Crippen LogP contribution is -2.49. The second kappa shape index (κ2) is 11.5. The van der Waals surface area contributed by atoms with Crippen LogP contribution in [0.1, 0.15) is 26.5 Å². The van der Waals surface area contributed by atoms with Crippen LogP contribution in [0.3, 0.4) is 0 Å². The molecule has 1 amide bonds. The lowest BCUT2D eigenvalue weighted by Gasteiger charge is -2.36. The van der Waals surface area contributed by atoms with Crippen molar-refractivity contribution < 1.29 is 14.3 Å². The van der Waals surface area contributed by atoms with Gasteiger partial charge >= 0.3 is 0 Å². The van der Waals surface area contributed by atoms with E-state index in [0.29, 0.717) is 45.0 Å². The minimum Gasteiger partial charge on any atom is -0.497 e. The third-order valence-electron chi connectivity index (χ3n) is 6.52. The molecule has 0 atom stereocenters. The molecule has 3 heterocycles. The summed E-state index contributed by atoms with van der Waals surface area (Å²) in [6, 6.07) is 21.9. The van der Waals surface area contributed by atoms with Crippen LogP contribution < -0.4 is 9.64 Å². The number of hydrogen-bond donors (Lipinski definition) is 0. The first-order valence-corrected chi connectivity index (χ1v) is 13.2. The molecule has 0 saturated carbocycles. The molecule has 0 N–H and O–H groups in total. The number of aromatic nitrogens is 2. The van der Waals surface area contributed by atoms with Crippen molar-refractivity contribution in [3.05, 3.63) is 93.8 Å². The van der Waals surface area contributed by atoms with E-state index in [1.165, 1.54) is 11.3 Å². The molecule has 4 aromatic rings. The van der Waals surface area contributed by atoms with Gasteiger partial charge in [-0.3, -0.25) is 4.79 Å². The van der Waals surface area contributed by atoms with E-state index in [1.807, 2.05) is 64.9 Å². The molecule has 7 nitrogen and oxygen atoms in total. The summed E-state index contributed by atoms with van der Waals surface area (Å²) in [6.45, 7) is 3.07. The maximum atomic E-state index is 12.9. The quantitative estimate of drug-likeness (QED) is 0.333. The van der Waals surface area contributed by atoms with Crippen LogP contribution >= 0.6 is 11.3 Å². The first kappa shape index (κ1) is 24.9. The van der Waals surface area contributed by atoms with Crippen molar-refractivity contribution in [2.24, 2.45) is 0 Å². The van der Waals surface area contributed by atoms with Gasteiger partial charge in [-0.2, -0.15) is 0 Å². The van der Waals surface area contributed by atoms with E-state index >= 15 is 0 Å². The molecule has 5 rings (SSSR count). The maximum Gasteiger partial charge on any atom is 0.264 e. The first-order valence-electron chi connectivity index (χ1n) is 12.3. The molecule has 0 spiro atoms. The zero-order valence-corrected chi connectivity index (χ0v) is 21.9. The van der Waals surface area contributed by atoms with Gasteiger partial charge in [-0.25, -0.2) is 9.97 Å². The van der Waals surface area contributed by atoms with E-state index in [2.05, 4.69) is 17.0 Å². The van der Waals surface area contributed by atoms with Crippen molar-refractivity contribution >= 4 is 23.1 Å². The van der Waals surface area contributed by atoms with Crippen LogP contribution in [0, 0.1) is 0 Å². The van der Waals surface area contributed by atoms with Gasteiger partial charge in [0.2, 0.25) is 0 Å². The highest BCUT2D eigenvalue weighted by Crippen LogP contribution is 2.30. The monoisotopic (exact) mass is 514 g/mol. The van der Waals surface area contributed by atoms with Crippen LogP contribution in [-0.2, 0) is 17.8 Å². The van der Waals surface area contributed by atoms with E-state index in [4.69, 9.17) is 19.4 Å². The summed E-state index contributed by atoms with van der Waals surface area (Å²) in [5, 5.41) is 1.94. The molecule has 1 fully saturated rings. The predicted molar refractivity (Wildman–Crippen MR) is 146 cm³/mol. The van der Waals surface area contributed by atoms with Crippen LogP contribution in [0.25, 0.3) is 11.4 Å². The molecule has 0 aliphatic carbocycles. The molecule has 190 valence electrons. The number of carbonyl (C=O) groups excluding carboxylic acids is 1. The van der Waals surface area contributed by atoms with Crippen molar-refractivity contribution in [3.63, 3.8) is 0 Å². The summed E-state index contributed by atoms with van der Waals surface area (Å²) in [7, 11) is 3.36. The Hall–Kier alpha value is -3.75. The smallest absolute Gasteiger partial charge is 0.264 e. The third kappa shape index (κ3) is 5.65. The molecule has 1 aliphatic rings. The molecule has 1 aliphatic heterocycles. The highest BCUT2D eigenvalue weighted by Gasteiger charge is 2.27. The molecule has 2 aromatic heterocycles. The van der Waals surface area contributed by atoms with Gasteiger partial charge in [0.1, 0.15) is 11.6 Å². The van der Waals surface area contributed by atoms with Gasteiger partial charge in [0, 0.05) is 50.8 Å². The second-order valence-electron chi connectivity index (χ2n) is 8.88. The van der Waals surface area contributed by atoms with Gasteiger partial charge in [-0.05, 0) is 29.1 Å². The summed E-state index contributed by atoms with van der Waals surface area (Å²) in [6.07, 6.45) is 0.668. The Morgan fingerprint density at radius 2 is 1.68 bits per heavy atom. The Morgan fingerprint density at radius 3 is 2.32 bits per heavy atom. The Balaban J connectivity index is 1.49. The summed E-state index contributed by atoms with van der Waals surface area (Å²) < 4.78 is 10.9. The molecule has 0 bridgehead atoms. The van der Waals surface area contributed by atoms with E-state index < -0.39 is 0 Å². The number of benzene rings is 2. The number of nitrogens with zero attached hydrogens (tertiary/aromatic N) is 4. The van der Waals surface area contributed by atoms with Crippen molar-refractivity contribution in [1.82, 2.24) is 14.9 Å². The van der Waals surface area contributed by atoms with Gasteiger partial charge in [0.15, 0.2) is 5.82 Å². The van der Waals surface area contributed by atoms with Gasteiger partial charge in [0.25, 0.3) is 5.91 Å². The van der Waals surface area contributed by atoms with E-state index in [0.717, 1.165) is 38.8 Å². The molecular weight excluding hydrogens is 484 g/mol. The van der Waals surface area contributed by atoms with Crippen LogP contribution in [0.5, 0.6) is 5.75 Å². The zero-order valence-electron chi connectivity index (χ0n) is 21.1. The molecule has 37 heavy (non-hydrogen) atoms. The average Bonchev–Trinajstić information content (AvgIpc) is 3.50. The number of methoxy groups -OCH3 is 2. The van der Waals surface area contributed by atoms with E-state index in [1.54, 1.807) is 14.2 Å². The Bertz CT molecular complexity index is 1320. The molecule has 0 radical (unpaired) electrons. The SMILES string of the molecule is COCc1nc(-c2ccccc2)nc(N2CCN(C(=O)c3cccs3)CC2)c1Cc1ccc(OC)cc1. The van der Waals surface area contributed by atoms with Crippen LogP contribution in [0.4, 0.5) is 5.82 Å². The Kier molecular flexibility index (Phi) is 7.77. The van der Waals surface area contributed by atoms with Crippen LogP contribution in [0.2, 0.25) is 0 Å². The zero-order chi connectivity index (χ0) is 25.6. The van der Waals surface area contributed by atoms with Crippen molar-refractivity contribution in [2.75, 3.05) is 45.3 Å². The lowest BCUT2D eigenvalue weighted by atomic mass is 10.0. The highest BCUT2D eigenvalue weighted by molar-refractivity contribution is 7.12.